The van der Waals surface area contributed by atoms with Crippen LogP contribution in [0.3, 0.4) is 0 Å². The maximum Gasteiger partial charge on any atom is 0.307 e. The molecule has 0 aliphatic rings. The van der Waals surface area contributed by atoms with Crippen LogP contribution in [0.25, 0.3) is 0 Å². The van der Waals surface area contributed by atoms with Gasteiger partial charge in [-0.15, -0.1) is 0 Å². The minimum atomic E-state index is -1.03. The second-order valence-electron chi connectivity index (χ2n) is 4.03. The van der Waals surface area contributed by atoms with Gasteiger partial charge in [0.25, 0.3) is 0 Å². The van der Waals surface area contributed by atoms with E-state index >= 15 is 0 Å². The lowest BCUT2D eigenvalue weighted by molar-refractivity contribution is -0.145. The smallest absolute Gasteiger partial charge is 0.307 e. The van der Waals surface area contributed by atoms with Crippen LogP contribution in [0.1, 0.15) is 13.8 Å². The van der Waals surface area contributed by atoms with E-state index in [0.717, 1.165) is 0 Å². The average molecular weight is 318 g/mol. The highest BCUT2D eigenvalue weighted by atomic mass is 79.9. The molecular formula is C12H13BrFNO3. The van der Waals surface area contributed by atoms with Crippen LogP contribution in [-0.2, 0) is 9.59 Å². The van der Waals surface area contributed by atoms with Gasteiger partial charge in [0.05, 0.1) is 11.6 Å². The van der Waals surface area contributed by atoms with Gasteiger partial charge in [-0.25, -0.2) is 4.39 Å². The number of carboxylic acids is 1. The number of benzene rings is 1. The molecule has 18 heavy (non-hydrogen) atoms. The summed E-state index contributed by atoms with van der Waals surface area (Å²) < 4.78 is 13.3. The van der Waals surface area contributed by atoms with Crippen molar-refractivity contribution >= 4 is 33.5 Å². The van der Waals surface area contributed by atoms with Gasteiger partial charge in [-0.3, -0.25) is 9.59 Å². The summed E-state index contributed by atoms with van der Waals surface area (Å²) in [6, 6.07) is 3.85. The molecule has 4 nitrogen and oxygen atoms in total. The molecule has 0 saturated carbocycles. The minimum absolute atomic E-state index is 0.408. The monoisotopic (exact) mass is 317 g/mol. The van der Waals surface area contributed by atoms with Crippen LogP contribution in [0, 0.1) is 17.7 Å². The molecule has 1 amide bonds. The van der Waals surface area contributed by atoms with E-state index in [1.807, 2.05) is 0 Å². The van der Waals surface area contributed by atoms with Gasteiger partial charge in [-0.05, 0) is 34.1 Å². The van der Waals surface area contributed by atoms with Crippen molar-refractivity contribution in [2.75, 3.05) is 5.32 Å². The molecule has 0 saturated heterocycles. The zero-order valence-electron chi connectivity index (χ0n) is 9.91. The predicted octanol–water partition coefficient (Wildman–Crippen LogP) is 2.88. The van der Waals surface area contributed by atoms with E-state index in [0.29, 0.717) is 10.2 Å². The van der Waals surface area contributed by atoms with Gasteiger partial charge < -0.3 is 10.4 Å². The molecule has 0 aliphatic carbocycles. The molecule has 1 aromatic rings. The third-order valence-electron chi connectivity index (χ3n) is 2.74. The molecule has 0 bridgehead atoms. The fraction of sp³-hybridized carbons (Fsp3) is 0.333. The van der Waals surface area contributed by atoms with E-state index in [1.54, 1.807) is 0 Å². The Morgan fingerprint density at radius 3 is 2.44 bits per heavy atom. The molecule has 98 valence electrons. The number of carbonyl (C=O) groups excluding carboxylic acids is 1. The zero-order chi connectivity index (χ0) is 13.9. The first-order valence-corrected chi connectivity index (χ1v) is 6.11. The first-order valence-electron chi connectivity index (χ1n) is 5.31. The van der Waals surface area contributed by atoms with E-state index in [-0.39, 0.29) is 0 Å². The number of nitrogens with one attached hydrogen (secondary N) is 1. The predicted molar refractivity (Wildman–Crippen MR) is 68.7 cm³/mol. The largest absolute Gasteiger partial charge is 0.481 e. The van der Waals surface area contributed by atoms with Crippen molar-refractivity contribution in [1.29, 1.82) is 0 Å². The van der Waals surface area contributed by atoms with Gasteiger partial charge in [0.1, 0.15) is 5.82 Å². The summed E-state index contributed by atoms with van der Waals surface area (Å²) in [7, 11) is 0. The van der Waals surface area contributed by atoms with Crippen molar-refractivity contribution in [3.8, 4) is 0 Å². The zero-order valence-corrected chi connectivity index (χ0v) is 11.5. The van der Waals surface area contributed by atoms with Crippen LogP contribution in [0.4, 0.5) is 10.1 Å². The fourth-order valence-electron chi connectivity index (χ4n) is 1.28. The molecular weight excluding hydrogens is 305 g/mol. The first-order chi connectivity index (χ1) is 8.32. The number of halogens is 2. The molecule has 0 heterocycles. The molecule has 0 aliphatic heterocycles. The topological polar surface area (TPSA) is 66.4 Å². The fourth-order valence-corrected chi connectivity index (χ4v) is 1.73. The Kier molecular flexibility index (Phi) is 4.84. The van der Waals surface area contributed by atoms with Gasteiger partial charge in [0.15, 0.2) is 0 Å². The van der Waals surface area contributed by atoms with Crippen molar-refractivity contribution in [2.45, 2.75) is 13.8 Å². The standard InChI is InChI=1S/C12H13BrFNO3/c1-6(7(2)12(17)18)11(16)15-10-4-3-8(14)5-9(10)13/h3-7H,1-2H3,(H,15,16)(H,17,18). The van der Waals surface area contributed by atoms with E-state index in [2.05, 4.69) is 21.2 Å². The van der Waals surface area contributed by atoms with Crippen molar-refractivity contribution in [3.63, 3.8) is 0 Å². The highest BCUT2D eigenvalue weighted by molar-refractivity contribution is 9.10. The Labute approximate surface area is 112 Å². The van der Waals surface area contributed by atoms with Crippen molar-refractivity contribution in [2.24, 2.45) is 11.8 Å². The molecule has 0 aromatic heterocycles. The van der Waals surface area contributed by atoms with Gasteiger partial charge in [-0.1, -0.05) is 13.8 Å². The van der Waals surface area contributed by atoms with Gasteiger partial charge >= 0.3 is 5.97 Å². The Balaban J connectivity index is 2.78. The van der Waals surface area contributed by atoms with E-state index in [1.165, 1.54) is 32.0 Å². The van der Waals surface area contributed by atoms with Crippen LogP contribution in [-0.4, -0.2) is 17.0 Å². The minimum Gasteiger partial charge on any atom is -0.481 e. The molecule has 1 rings (SSSR count). The highest BCUT2D eigenvalue weighted by Crippen LogP contribution is 2.24. The number of anilines is 1. The van der Waals surface area contributed by atoms with Gasteiger partial charge in [0.2, 0.25) is 5.91 Å². The Hall–Kier alpha value is -1.43. The first kappa shape index (κ1) is 14.6. The highest BCUT2D eigenvalue weighted by Gasteiger charge is 2.26. The second kappa shape index (κ2) is 5.95. The summed E-state index contributed by atoms with van der Waals surface area (Å²) in [6.45, 7) is 3.00. The number of carboxylic acid groups (broad SMARTS) is 1. The van der Waals surface area contributed by atoms with Crippen molar-refractivity contribution < 1.29 is 19.1 Å². The third-order valence-corrected chi connectivity index (χ3v) is 3.40. The number of rotatable bonds is 4. The molecule has 6 heteroatoms. The van der Waals surface area contributed by atoms with Gasteiger partial charge in [-0.2, -0.15) is 0 Å². The van der Waals surface area contributed by atoms with Crippen molar-refractivity contribution in [3.05, 3.63) is 28.5 Å². The van der Waals surface area contributed by atoms with Crippen LogP contribution in [0.15, 0.2) is 22.7 Å². The van der Waals surface area contributed by atoms with Crippen molar-refractivity contribution in [1.82, 2.24) is 0 Å². The number of amides is 1. The van der Waals surface area contributed by atoms with Crippen LogP contribution >= 0.6 is 15.9 Å². The Morgan fingerprint density at radius 1 is 1.33 bits per heavy atom. The number of hydrogen-bond acceptors (Lipinski definition) is 2. The average Bonchev–Trinajstić information content (AvgIpc) is 2.30. The molecule has 2 N–H and O–H groups in total. The molecule has 0 fully saturated rings. The summed E-state index contributed by atoms with van der Waals surface area (Å²) >= 11 is 3.12. The third kappa shape index (κ3) is 3.53. The number of aliphatic carboxylic acids is 1. The van der Waals surface area contributed by atoms with E-state index in [4.69, 9.17) is 5.11 Å². The maximum atomic E-state index is 12.9. The Bertz CT molecular complexity index is 478. The van der Waals surface area contributed by atoms with Crippen LogP contribution in [0.2, 0.25) is 0 Å². The molecule has 1 aromatic carbocycles. The lowest BCUT2D eigenvalue weighted by Gasteiger charge is -2.16. The number of carbonyl (C=O) groups is 2. The van der Waals surface area contributed by atoms with E-state index in [9.17, 15) is 14.0 Å². The normalized spacial score (nSPS) is 13.8. The van der Waals surface area contributed by atoms with Gasteiger partial charge in [0, 0.05) is 10.4 Å². The Morgan fingerprint density at radius 2 is 1.94 bits per heavy atom. The summed E-state index contributed by atoms with van der Waals surface area (Å²) in [5.74, 6) is -3.34. The van der Waals surface area contributed by atoms with E-state index < -0.39 is 29.5 Å². The molecule has 0 spiro atoms. The van der Waals surface area contributed by atoms with Crippen LogP contribution < -0.4 is 5.32 Å². The summed E-state index contributed by atoms with van der Waals surface area (Å²) in [4.78, 5) is 22.6. The summed E-state index contributed by atoms with van der Waals surface area (Å²) in [5, 5.41) is 11.4. The number of hydrogen-bond donors (Lipinski definition) is 2. The van der Waals surface area contributed by atoms with Crippen LogP contribution in [0.5, 0.6) is 0 Å². The maximum absolute atomic E-state index is 12.9. The quantitative estimate of drug-likeness (QED) is 0.897. The molecule has 2 unspecified atom stereocenters. The lowest BCUT2D eigenvalue weighted by atomic mass is 9.95. The molecule has 2 atom stereocenters. The second-order valence-corrected chi connectivity index (χ2v) is 4.88. The molecule has 0 radical (unpaired) electrons. The SMILES string of the molecule is CC(C(=O)O)C(C)C(=O)Nc1ccc(F)cc1Br. The lowest BCUT2D eigenvalue weighted by Crippen LogP contribution is -2.30. The summed E-state index contributed by atoms with van der Waals surface area (Å²) in [6.07, 6.45) is 0. The summed E-state index contributed by atoms with van der Waals surface area (Å²) in [5.41, 5.74) is 0.408.